The first-order valence-corrected chi connectivity index (χ1v) is 3.29. The molecule has 1 fully saturated rings. The van der Waals surface area contributed by atoms with Gasteiger partial charge in [-0.2, -0.15) is 0 Å². The van der Waals surface area contributed by atoms with Gasteiger partial charge in [-0.25, -0.2) is 0 Å². The molecule has 2 nitrogen and oxygen atoms in total. The molecule has 3 heteroatoms. The molecule has 0 saturated carbocycles. The van der Waals surface area contributed by atoms with Gasteiger partial charge in [0.1, 0.15) is 0 Å². The highest BCUT2D eigenvalue weighted by Crippen LogP contribution is 1.87. The van der Waals surface area contributed by atoms with Crippen LogP contribution >= 0.6 is 0 Å². The third-order valence-corrected chi connectivity index (χ3v) is 1.56. The second-order valence-corrected chi connectivity index (χ2v) is 2.41. The van der Waals surface area contributed by atoms with Crippen molar-refractivity contribution in [3.8, 4) is 0 Å². The van der Waals surface area contributed by atoms with Crippen LogP contribution in [0.25, 0.3) is 0 Å². The van der Waals surface area contributed by atoms with Crippen molar-refractivity contribution in [2.75, 3.05) is 26.2 Å². The molecule has 8 heavy (non-hydrogen) atoms. The summed E-state index contributed by atoms with van der Waals surface area (Å²) in [6.07, 6.45) is 1.30. The summed E-state index contributed by atoms with van der Waals surface area (Å²) in [7, 11) is 2.17. The van der Waals surface area contributed by atoms with Crippen molar-refractivity contribution >= 4 is 7.98 Å². The number of nitrogens with one attached hydrogen (secondary N) is 1. The van der Waals surface area contributed by atoms with Crippen LogP contribution in [0.1, 0.15) is 6.42 Å². The fraction of sp³-hybridized carbons (Fsp3) is 1.00. The zero-order chi connectivity index (χ0) is 5.82. The van der Waals surface area contributed by atoms with Crippen LogP contribution in [-0.4, -0.2) is 39.0 Å². The Labute approximate surface area is 51.7 Å². The zero-order valence-electron chi connectivity index (χ0n) is 5.48. The lowest BCUT2D eigenvalue weighted by Gasteiger charge is -2.10. The van der Waals surface area contributed by atoms with Crippen LogP contribution in [0, 0.1) is 0 Å². The SMILES string of the molecule is BN1CCCNCC1. The van der Waals surface area contributed by atoms with Gasteiger partial charge in [0.15, 0.2) is 7.98 Å². The minimum absolute atomic E-state index is 1.16. The Hall–Kier alpha value is -0.0151. The molecule has 1 aliphatic rings. The number of nitrogens with zero attached hydrogens (tertiary/aromatic N) is 1. The Morgan fingerprint density at radius 3 is 3.00 bits per heavy atom. The van der Waals surface area contributed by atoms with E-state index in [-0.39, 0.29) is 0 Å². The molecule has 0 unspecified atom stereocenters. The predicted octanol–water partition coefficient (Wildman–Crippen LogP) is -1.17. The molecule has 0 spiro atoms. The topological polar surface area (TPSA) is 15.3 Å². The average molecular weight is 112 g/mol. The van der Waals surface area contributed by atoms with Crippen molar-refractivity contribution in [2.24, 2.45) is 0 Å². The van der Waals surface area contributed by atoms with Crippen molar-refractivity contribution in [1.82, 2.24) is 10.1 Å². The van der Waals surface area contributed by atoms with E-state index in [4.69, 9.17) is 0 Å². The molecule has 0 bridgehead atoms. The van der Waals surface area contributed by atoms with E-state index >= 15 is 0 Å². The molecule has 1 heterocycles. The molecule has 1 aliphatic heterocycles. The van der Waals surface area contributed by atoms with E-state index in [2.05, 4.69) is 18.1 Å². The van der Waals surface area contributed by atoms with Crippen LogP contribution in [0.3, 0.4) is 0 Å². The van der Waals surface area contributed by atoms with Gasteiger partial charge in [-0.1, -0.05) is 0 Å². The summed E-state index contributed by atoms with van der Waals surface area (Å²) in [6.45, 7) is 4.83. The number of hydrogen-bond donors (Lipinski definition) is 1. The molecule has 1 saturated heterocycles. The summed E-state index contributed by atoms with van der Waals surface area (Å²) in [5.74, 6) is 0. The largest absolute Gasteiger partial charge is 0.348 e. The van der Waals surface area contributed by atoms with Gasteiger partial charge in [-0.15, -0.1) is 0 Å². The van der Waals surface area contributed by atoms with Crippen LogP contribution in [0.5, 0.6) is 0 Å². The number of rotatable bonds is 0. The van der Waals surface area contributed by atoms with Gasteiger partial charge in [0.05, 0.1) is 0 Å². The quantitative estimate of drug-likeness (QED) is 0.397. The molecule has 0 amide bonds. The lowest BCUT2D eigenvalue weighted by atomic mass is 10.3. The maximum atomic E-state index is 3.34. The fourth-order valence-electron chi connectivity index (χ4n) is 0.981. The molecule has 1 N–H and O–H groups in total. The summed E-state index contributed by atoms with van der Waals surface area (Å²) in [4.78, 5) is 2.36. The molecule has 0 aromatic carbocycles. The van der Waals surface area contributed by atoms with E-state index in [9.17, 15) is 0 Å². The smallest absolute Gasteiger partial charge is 0.185 e. The molecular weight excluding hydrogens is 98.9 g/mol. The number of hydrogen-bond acceptors (Lipinski definition) is 2. The van der Waals surface area contributed by atoms with E-state index in [1.165, 1.54) is 26.1 Å². The summed E-state index contributed by atoms with van der Waals surface area (Å²) in [5.41, 5.74) is 0. The average Bonchev–Trinajstić information content (AvgIpc) is 1.94. The summed E-state index contributed by atoms with van der Waals surface area (Å²) >= 11 is 0. The van der Waals surface area contributed by atoms with Crippen molar-refractivity contribution in [2.45, 2.75) is 6.42 Å². The normalized spacial score (nSPS) is 25.0. The first-order chi connectivity index (χ1) is 3.89. The molecule has 0 aromatic rings. The van der Waals surface area contributed by atoms with E-state index in [1.807, 2.05) is 0 Å². The molecule has 0 atom stereocenters. The van der Waals surface area contributed by atoms with E-state index in [0.29, 0.717) is 0 Å². The summed E-state index contributed by atoms with van der Waals surface area (Å²) < 4.78 is 0. The first-order valence-electron chi connectivity index (χ1n) is 3.29. The van der Waals surface area contributed by atoms with Gasteiger partial charge in [0.2, 0.25) is 0 Å². The van der Waals surface area contributed by atoms with Gasteiger partial charge >= 0.3 is 0 Å². The van der Waals surface area contributed by atoms with Crippen LogP contribution in [0.15, 0.2) is 0 Å². The Morgan fingerprint density at radius 1 is 1.25 bits per heavy atom. The van der Waals surface area contributed by atoms with E-state index in [1.54, 1.807) is 0 Å². The fourth-order valence-corrected chi connectivity index (χ4v) is 0.981. The van der Waals surface area contributed by atoms with Gasteiger partial charge < -0.3 is 10.1 Å². The zero-order valence-corrected chi connectivity index (χ0v) is 5.48. The van der Waals surface area contributed by atoms with Crippen molar-refractivity contribution < 1.29 is 0 Å². The predicted molar refractivity (Wildman–Crippen MR) is 37.6 cm³/mol. The second-order valence-electron chi connectivity index (χ2n) is 2.41. The molecule has 0 aromatic heterocycles. The summed E-state index contributed by atoms with van der Waals surface area (Å²) in [6, 6.07) is 0. The van der Waals surface area contributed by atoms with Crippen LogP contribution < -0.4 is 5.32 Å². The molecular formula is C5H13BN2. The van der Waals surface area contributed by atoms with Crippen LogP contribution in [-0.2, 0) is 0 Å². The molecule has 46 valence electrons. The Balaban J connectivity index is 2.17. The maximum Gasteiger partial charge on any atom is 0.185 e. The van der Waals surface area contributed by atoms with Crippen molar-refractivity contribution in [3.63, 3.8) is 0 Å². The third-order valence-electron chi connectivity index (χ3n) is 1.56. The lowest BCUT2D eigenvalue weighted by Crippen LogP contribution is -2.25. The Morgan fingerprint density at radius 2 is 2.12 bits per heavy atom. The Bertz CT molecular complexity index is 59.4. The van der Waals surface area contributed by atoms with Crippen molar-refractivity contribution in [1.29, 1.82) is 0 Å². The summed E-state index contributed by atoms with van der Waals surface area (Å²) in [5, 5.41) is 3.34. The molecule has 0 aliphatic carbocycles. The van der Waals surface area contributed by atoms with Gasteiger partial charge in [0.25, 0.3) is 0 Å². The van der Waals surface area contributed by atoms with Gasteiger partial charge in [0, 0.05) is 6.54 Å². The van der Waals surface area contributed by atoms with Crippen LogP contribution in [0.2, 0.25) is 0 Å². The minimum Gasteiger partial charge on any atom is -0.348 e. The van der Waals surface area contributed by atoms with E-state index in [0.717, 1.165) is 6.54 Å². The minimum atomic E-state index is 1.16. The highest BCUT2D eigenvalue weighted by atomic mass is 15.1. The van der Waals surface area contributed by atoms with E-state index < -0.39 is 0 Å². The second kappa shape index (κ2) is 3.10. The maximum absolute atomic E-state index is 3.34. The first kappa shape index (κ1) is 6.11. The third kappa shape index (κ3) is 1.84. The standard InChI is InChI=1S/C5H13BN2/c6-8-4-1-2-7-3-5-8/h7H,1-6H2. The molecule has 1 rings (SSSR count). The monoisotopic (exact) mass is 112 g/mol. The Kier molecular flexibility index (Phi) is 2.37. The van der Waals surface area contributed by atoms with Crippen LogP contribution in [0.4, 0.5) is 0 Å². The highest BCUT2D eigenvalue weighted by Gasteiger charge is 2.00. The van der Waals surface area contributed by atoms with Gasteiger partial charge in [-0.05, 0) is 26.1 Å². The van der Waals surface area contributed by atoms with Gasteiger partial charge in [-0.3, -0.25) is 0 Å². The highest BCUT2D eigenvalue weighted by molar-refractivity contribution is 6.04. The lowest BCUT2D eigenvalue weighted by molar-refractivity contribution is 0.484. The molecule has 0 radical (unpaired) electrons. The van der Waals surface area contributed by atoms with Crippen molar-refractivity contribution in [3.05, 3.63) is 0 Å².